The van der Waals surface area contributed by atoms with Gasteiger partial charge in [-0.15, -0.1) is 0 Å². The molecule has 5 nitrogen and oxygen atoms in total. The lowest BCUT2D eigenvalue weighted by Crippen LogP contribution is -2.29. The average Bonchev–Trinajstić information content (AvgIpc) is 3.05. The second-order valence-corrected chi connectivity index (χ2v) is 8.09. The van der Waals surface area contributed by atoms with Crippen LogP contribution in [0.4, 0.5) is 10.5 Å². The van der Waals surface area contributed by atoms with Gasteiger partial charge in [-0.3, -0.25) is 4.90 Å². The Labute approximate surface area is 189 Å². The summed E-state index contributed by atoms with van der Waals surface area (Å²) in [5, 5.41) is 1.11. The van der Waals surface area contributed by atoms with E-state index < -0.39 is 0 Å². The summed E-state index contributed by atoms with van der Waals surface area (Å²) in [5.41, 5.74) is 4.05. The van der Waals surface area contributed by atoms with Crippen molar-refractivity contribution >= 4 is 46.5 Å². The number of hydrogen-bond acceptors (Lipinski definition) is 3. The van der Waals surface area contributed by atoms with E-state index in [0.29, 0.717) is 39.9 Å². The number of pyridine rings is 1. The molecule has 3 aromatic rings. The van der Waals surface area contributed by atoms with E-state index in [0.717, 1.165) is 22.3 Å². The Morgan fingerprint density at radius 2 is 1.60 bits per heavy atom. The molecule has 0 N–H and O–H groups in total. The third-order valence-corrected chi connectivity index (χ3v) is 5.75. The Morgan fingerprint density at radius 3 is 2.17 bits per heavy atom. The third-order valence-electron chi connectivity index (χ3n) is 5.06. The average molecular weight is 463 g/mol. The highest BCUT2D eigenvalue weighted by atomic mass is 35.5. The topological polar surface area (TPSA) is 45.7 Å². The maximum atomic E-state index is 12.3. The van der Waals surface area contributed by atoms with Crippen LogP contribution in [0.1, 0.15) is 0 Å². The summed E-state index contributed by atoms with van der Waals surface area (Å²) >= 11 is 18.7. The van der Waals surface area contributed by atoms with E-state index >= 15 is 0 Å². The van der Waals surface area contributed by atoms with Crippen LogP contribution in [0.25, 0.3) is 22.3 Å². The number of benzene rings is 2. The minimum absolute atomic E-state index is 0.0596. The van der Waals surface area contributed by atoms with Gasteiger partial charge in [0.25, 0.3) is 0 Å². The van der Waals surface area contributed by atoms with E-state index in [1.54, 1.807) is 36.1 Å². The summed E-state index contributed by atoms with van der Waals surface area (Å²) in [5.74, 6) is 0.664. The lowest BCUT2D eigenvalue weighted by Gasteiger charge is -2.19. The van der Waals surface area contributed by atoms with Crippen molar-refractivity contribution in [3.05, 3.63) is 63.9 Å². The van der Waals surface area contributed by atoms with Crippen molar-refractivity contribution in [1.29, 1.82) is 0 Å². The van der Waals surface area contributed by atoms with Crippen molar-refractivity contribution in [2.45, 2.75) is 0 Å². The highest BCUT2D eigenvalue weighted by Gasteiger charge is 2.28. The second kappa shape index (κ2) is 8.34. The zero-order chi connectivity index (χ0) is 21.4. The fraction of sp³-hybridized carbons (Fsp3) is 0.182. The molecule has 30 heavy (non-hydrogen) atoms. The second-order valence-electron chi connectivity index (χ2n) is 6.91. The summed E-state index contributed by atoms with van der Waals surface area (Å²) in [6, 6.07) is 14.9. The quantitative estimate of drug-likeness (QED) is 0.430. The van der Waals surface area contributed by atoms with Crippen LogP contribution in [0.3, 0.4) is 0 Å². The summed E-state index contributed by atoms with van der Waals surface area (Å²) in [6.07, 6.45) is 0. The first-order valence-electron chi connectivity index (χ1n) is 9.22. The molecule has 2 aromatic carbocycles. The number of likely N-dealkylation sites (N-methyl/N-ethyl adjacent to an activating group) is 1. The van der Waals surface area contributed by atoms with Gasteiger partial charge in [-0.25, -0.2) is 9.78 Å². The van der Waals surface area contributed by atoms with E-state index in [1.165, 1.54) is 0 Å². The van der Waals surface area contributed by atoms with Crippen LogP contribution in [-0.4, -0.2) is 43.2 Å². The number of amides is 2. The predicted molar refractivity (Wildman–Crippen MR) is 122 cm³/mol. The van der Waals surface area contributed by atoms with E-state index in [1.807, 2.05) is 36.4 Å². The molecular formula is C22H18Cl3N3O2. The van der Waals surface area contributed by atoms with Crippen molar-refractivity contribution in [3.8, 4) is 28.0 Å². The minimum atomic E-state index is -0.0596. The molecule has 2 amide bonds. The summed E-state index contributed by atoms with van der Waals surface area (Å²) in [7, 11) is 3.39. The van der Waals surface area contributed by atoms with Crippen molar-refractivity contribution in [2.24, 2.45) is 0 Å². The van der Waals surface area contributed by atoms with Gasteiger partial charge in [-0.2, -0.15) is 0 Å². The van der Waals surface area contributed by atoms with Crippen LogP contribution >= 0.6 is 34.8 Å². The highest BCUT2D eigenvalue weighted by molar-refractivity contribution is 6.34. The van der Waals surface area contributed by atoms with Crippen molar-refractivity contribution < 1.29 is 9.53 Å². The van der Waals surface area contributed by atoms with E-state index in [-0.39, 0.29) is 6.03 Å². The molecule has 0 radical (unpaired) electrons. The van der Waals surface area contributed by atoms with Crippen LogP contribution in [-0.2, 0) is 0 Å². The predicted octanol–water partition coefficient (Wildman–Crippen LogP) is 6.26. The highest BCUT2D eigenvalue weighted by Crippen LogP contribution is 2.41. The lowest BCUT2D eigenvalue weighted by atomic mass is 9.97. The number of methoxy groups -OCH3 is 1. The van der Waals surface area contributed by atoms with Gasteiger partial charge in [0.1, 0.15) is 16.1 Å². The molecule has 154 valence electrons. The zero-order valence-electron chi connectivity index (χ0n) is 16.3. The molecule has 0 bridgehead atoms. The Hall–Kier alpha value is -2.47. The fourth-order valence-corrected chi connectivity index (χ4v) is 4.34. The normalized spacial score (nSPS) is 13.8. The molecule has 1 aromatic heterocycles. The van der Waals surface area contributed by atoms with Gasteiger partial charge in [-0.1, -0.05) is 59.1 Å². The molecule has 1 aliphatic rings. The first-order chi connectivity index (χ1) is 14.4. The number of rotatable bonds is 4. The van der Waals surface area contributed by atoms with Gasteiger partial charge < -0.3 is 9.64 Å². The molecule has 0 aliphatic carbocycles. The van der Waals surface area contributed by atoms with Crippen LogP contribution in [0.15, 0.2) is 48.5 Å². The van der Waals surface area contributed by atoms with Crippen LogP contribution in [0, 0.1) is 0 Å². The van der Waals surface area contributed by atoms with Gasteiger partial charge in [0, 0.05) is 31.3 Å². The Morgan fingerprint density at radius 1 is 0.933 bits per heavy atom. The molecule has 1 saturated heterocycles. The molecule has 0 spiro atoms. The number of ether oxygens (including phenoxy) is 1. The number of carbonyl (C=O) groups is 1. The molecule has 1 aliphatic heterocycles. The molecule has 8 heteroatoms. The van der Waals surface area contributed by atoms with Gasteiger partial charge in [-0.05, 0) is 35.4 Å². The molecule has 1 fully saturated rings. The number of nitrogens with zero attached hydrogens (tertiary/aromatic N) is 3. The van der Waals surface area contributed by atoms with Crippen molar-refractivity contribution in [3.63, 3.8) is 0 Å². The molecule has 2 heterocycles. The van der Waals surface area contributed by atoms with Gasteiger partial charge in [0.15, 0.2) is 0 Å². The monoisotopic (exact) mass is 461 g/mol. The van der Waals surface area contributed by atoms with Gasteiger partial charge >= 0.3 is 6.03 Å². The van der Waals surface area contributed by atoms with Crippen LogP contribution < -0.4 is 9.64 Å². The van der Waals surface area contributed by atoms with Gasteiger partial charge in [0.2, 0.25) is 0 Å². The molecule has 4 rings (SSSR count). The third kappa shape index (κ3) is 3.81. The number of para-hydroxylation sites is 1. The van der Waals surface area contributed by atoms with Crippen molar-refractivity contribution in [2.75, 3.05) is 32.1 Å². The van der Waals surface area contributed by atoms with Crippen LogP contribution in [0.2, 0.25) is 15.3 Å². The number of carbonyl (C=O) groups excluding carboxylic acids is 1. The van der Waals surface area contributed by atoms with Crippen molar-refractivity contribution in [1.82, 2.24) is 9.88 Å². The zero-order valence-corrected chi connectivity index (χ0v) is 18.6. The summed E-state index contributed by atoms with van der Waals surface area (Å²) in [6.45, 7) is 1.28. The molecular weight excluding hydrogens is 445 g/mol. The lowest BCUT2D eigenvalue weighted by molar-refractivity contribution is 0.229. The minimum Gasteiger partial charge on any atom is -0.495 e. The smallest absolute Gasteiger partial charge is 0.324 e. The van der Waals surface area contributed by atoms with E-state index in [9.17, 15) is 4.79 Å². The Bertz CT molecular complexity index is 1120. The maximum Gasteiger partial charge on any atom is 0.324 e. The Kier molecular flexibility index (Phi) is 5.78. The number of hydrogen-bond donors (Lipinski definition) is 0. The first-order valence-corrected chi connectivity index (χ1v) is 10.4. The molecule has 0 unspecified atom stereocenters. The van der Waals surface area contributed by atoms with Gasteiger partial charge in [0.05, 0.1) is 17.8 Å². The number of aromatic nitrogens is 1. The number of halogens is 3. The fourth-order valence-electron chi connectivity index (χ4n) is 3.60. The molecule has 0 saturated carbocycles. The summed E-state index contributed by atoms with van der Waals surface area (Å²) in [4.78, 5) is 19.7. The number of urea groups is 1. The van der Waals surface area contributed by atoms with E-state index in [2.05, 4.69) is 4.98 Å². The SMILES string of the molecule is COc1c(-c2cc(Cl)nc(Cl)c2)cccc1-c1ccc(N2CCN(C)C2=O)c(Cl)c1. The summed E-state index contributed by atoms with van der Waals surface area (Å²) < 4.78 is 5.75. The maximum absolute atomic E-state index is 12.3. The van der Waals surface area contributed by atoms with E-state index in [4.69, 9.17) is 39.5 Å². The number of anilines is 1. The Balaban J connectivity index is 1.78. The molecule has 0 atom stereocenters. The first kappa shape index (κ1) is 20.8. The van der Waals surface area contributed by atoms with Crippen LogP contribution in [0.5, 0.6) is 5.75 Å². The largest absolute Gasteiger partial charge is 0.495 e. The standard InChI is InChI=1S/C22H18Cl3N3O2/c1-27-8-9-28(22(27)29)18-7-6-13(10-17(18)23)15-4-3-5-16(21(15)30-2)14-11-19(24)26-20(25)12-14/h3-7,10-12H,8-9H2,1-2H3.